The van der Waals surface area contributed by atoms with Crippen LogP contribution >= 0.6 is 0 Å². The van der Waals surface area contributed by atoms with Crippen molar-refractivity contribution in [2.75, 3.05) is 5.32 Å². The molecule has 0 saturated carbocycles. The van der Waals surface area contributed by atoms with Crippen LogP contribution in [0.25, 0.3) is 0 Å². The first-order valence-corrected chi connectivity index (χ1v) is 6.92. The lowest BCUT2D eigenvalue weighted by Gasteiger charge is -2.11. The van der Waals surface area contributed by atoms with Gasteiger partial charge in [-0.2, -0.15) is 10.4 Å². The quantitative estimate of drug-likeness (QED) is 0.916. The molecule has 5 heteroatoms. The lowest BCUT2D eigenvalue weighted by atomic mass is 10.1. The van der Waals surface area contributed by atoms with Crippen molar-refractivity contribution in [1.82, 2.24) is 9.78 Å². The molecule has 0 atom stereocenters. The van der Waals surface area contributed by atoms with E-state index in [0.717, 1.165) is 11.4 Å². The third kappa shape index (κ3) is 3.93. The topological polar surface area (TPSA) is 70.7 Å². The van der Waals surface area contributed by atoms with Crippen LogP contribution in [0, 0.1) is 11.3 Å². The second-order valence-corrected chi connectivity index (χ2v) is 5.11. The molecule has 1 N–H and O–H groups in total. The number of hydrogen-bond donors (Lipinski definition) is 1. The first kappa shape index (κ1) is 14.8. The number of anilines is 1. The highest BCUT2D eigenvalue weighted by Gasteiger charge is 2.09. The van der Waals surface area contributed by atoms with Gasteiger partial charge >= 0.3 is 0 Å². The number of aryl methyl sites for hydroxylation is 1. The summed E-state index contributed by atoms with van der Waals surface area (Å²) in [5.41, 5.74) is 1.67. The molecule has 21 heavy (non-hydrogen) atoms. The Kier molecular flexibility index (Phi) is 4.72. The molecule has 0 aliphatic carbocycles. The highest BCUT2D eigenvalue weighted by atomic mass is 16.1. The molecule has 0 saturated heterocycles. The summed E-state index contributed by atoms with van der Waals surface area (Å²) in [6, 6.07) is 11.4. The van der Waals surface area contributed by atoms with Crippen LogP contribution in [0.1, 0.15) is 37.4 Å². The number of benzene rings is 1. The summed E-state index contributed by atoms with van der Waals surface area (Å²) in [5, 5.41) is 15.8. The maximum absolute atomic E-state index is 12.0. The molecule has 2 aromatic rings. The zero-order valence-electron chi connectivity index (χ0n) is 12.2. The average Bonchev–Trinajstić information content (AvgIpc) is 2.94. The minimum absolute atomic E-state index is 0.0400. The normalized spacial score (nSPS) is 10.4. The van der Waals surface area contributed by atoms with Crippen LogP contribution in [0.5, 0.6) is 0 Å². The summed E-state index contributed by atoms with van der Waals surface area (Å²) in [5.74, 6) is 0.677. The number of nitrogens with one attached hydrogen (secondary N) is 1. The van der Waals surface area contributed by atoms with Crippen LogP contribution in [0.15, 0.2) is 36.5 Å². The zero-order chi connectivity index (χ0) is 15.2. The fraction of sp³-hybridized carbons (Fsp3) is 0.312. The van der Waals surface area contributed by atoms with Gasteiger partial charge in [0.25, 0.3) is 0 Å². The first-order valence-electron chi connectivity index (χ1n) is 6.92. The molecule has 1 amide bonds. The number of carbonyl (C=O) groups excluding carboxylic acids is 1. The maximum atomic E-state index is 12.0. The number of hydrogen-bond acceptors (Lipinski definition) is 3. The number of rotatable bonds is 5. The summed E-state index contributed by atoms with van der Waals surface area (Å²) >= 11 is 0. The lowest BCUT2D eigenvalue weighted by Crippen LogP contribution is -2.17. The fourth-order valence-electron chi connectivity index (χ4n) is 2.03. The molecule has 0 bridgehead atoms. The Morgan fingerprint density at radius 1 is 1.33 bits per heavy atom. The van der Waals surface area contributed by atoms with Gasteiger partial charge in [-0.25, -0.2) is 4.68 Å². The van der Waals surface area contributed by atoms with Crippen LogP contribution in [0.4, 0.5) is 5.82 Å². The van der Waals surface area contributed by atoms with Crippen LogP contribution in [0.3, 0.4) is 0 Å². The summed E-state index contributed by atoms with van der Waals surface area (Å²) in [7, 11) is 0. The van der Waals surface area contributed by atoms with Crippen LogP contribution < -0.4 is 5.32 Å². The SMILES string of the molecule is CC(C)n1nccc1NC(=O)CCc1ccc(C#N)cc1. The van der Waals surface area contributed by atoms with Gasteiger partial charge in [-0.1, -0.05) is 12.1 Å². The highest BCUT2D eigenvalue weighted by molar-refractivity contribution is 5.89. The Hall–Kier alpha value is -2.61. The number of amides is 1. The smallest absolute Gasteiger partial charge is 0.225 e. The predicted octanol–water partition coefficient (Wildman–Crippen LogP) is 2.91. The zero-order valence-corrected chi connectivity index (χ0v) is 12.2. The molecule has 0 aliphatic heterocycles. The van der Waals surface area contributed by atoms with Crippen molar-refractivity contribution in [3.63, 3.8) is 0 Å². The van der Waals surface area contributed by atoms with Gasteiger partial charge in [-0.3, -0.25) is 4.79 Å². The molecule has 1 heterocycles. The standard InChI is InChI=1S/C16H18N4O/c1-12(2)20-15(9-10-18-20)19-16(21)8-7-13-3-5-14(11-17)6-4-13/h3-6,9-10,12H,7-8H2,1-2H3,(H,19,21). The second kappa shape index (κ2) is 6.71. The van der Waals surface area contributed by atoms with E-state index in [4.69, 9.17) is 5.26 Å². The van der Waals surface area contributed by atoms with Crippen LogP contribution in [-0.4, -0.2) is 15.7 Å². The summed E-state index contributed by atoms with van der Waals surface area (Å²) in [6.45, 7) is 4.03. The third-order valence-corrected chi connectivity index (χ3v) is 3.15. The molecule has 0 aliphatic rings. The van der Waals surface area contributed by atoms with E-state index in [2.05, 4.69) is 16.5 Å². The van der Waals surface area contributed by atoms with Crippen molar-refractivity contribution >= 4 is 11.7 Å². The molecule has 1 aromatic heterocycles. The van der Waals surface area contributed by atoms with Crippen molar-refractivity contribution in [3.8, 4) is 6.07 Å². The molecule has 1 aromatic carbocycles. The van der Waals surface area contributed by atoms with E-state index < -0.39 is 0 Å². The largest absolute Gasteiger partial charge is 0.311 e. The molecule has 108 valence electrons. The average molecular weight is 282 g/mol. The number of nitrogens with zero attached hydrogens (tertiary/aromatic N) is 3. The Morgan fingerprint density at radius 3 is 2.67 bits per heavy atom. The van der Waals surface area contributed by atoms with Crippen LogP contribution in [0.2, 0.25) is 0 Å². The van der Waals surface area contributed by atoms with E-state index in [1.54, 1.807) is 29.1 Å². The predicted molar refractivity (Wildman–Crippen MR) is 80.7 cm³/mol. The van der Waals surface area contributed by atoms with Crippen molar-refractivity contribution in [1.29, 1.82) is 5.26 Å². The molecule has 0 unspecified atom stereocenters. The summed E-state index contributed by atoms with van der Waals surface area (Å²) in [4.78, 5) is 12.0. The van der Waals surface area contributed by atoms with Crippen LogP contribution in [-0.2, 0) is 11.2 Å². The van der Waals surface area contributed by atoms with E-state index in [1.165, 1.54) is 0 Å². The third-order valence-electron chi connectivity index (χ3n) is 3.15. The number of nitriles is 1. The fourth-order valence-corrected chi connectivity index (χ4v) is 2.03. The monoisotopic (exact) mass is 282 g/mol. The van der Waals surface area contributed by atoms with Gasteiger partial charge in [0.15, 0.2) is 0 Å². The van der Waals surface area contributed by atoms with Gasteiger partial charge in [0.1, 0.15) is 5.82 Å². The molecular weight excluding hydrogens is 264 g/mol. The number of aromatic nitrogens is 2. The number of carbonyl (C=O) groups is 1. The molecule has 2 rings (SSSR count). The van der Waals surface area contributed by atoms with Crippen molar-refractivity contribution in [3.05, 3.63) is 47.7 Å². The molecule has 5 nitrogen and oxygen atoms in total. The Bertz CT molecular complexity index is 650. The lowest BCUT2D eigenvalue weighted by molar-refractivity contribution is -0.116. The Labute approximate surface area is 124 Å². The van der Waals surface area contributed by atoms with Gasteiger partial charge in [0.2, 0.25) is 5.91 Å². The second-order valence-electron chi connectivity index (χ2n) is 5.11. The van der Waals surface area contributed by atoms with Crippen molar-refractivity contribution in [2.45, 2.75) is 32.7 Å². The van der Waals surface area contributed by atoms with Gasteiger partial charge in [-0.05, 0) is 38.0 Å². The Balaban J connectivity index is 1.90. The molecule has 0 fully saturated rings. The first-order chi connectivity index (χ1) is 10.1. The van der Waals surface area contributed by atoms with Crippen molar-refractivity contribution < 1.29 is 4.79 Å². The van der Waals surface area contributed by atoms with Gasteiger partial charge in [0, 0.05) is 18.5 Å². The summed E-state index contributed by atoms with van der Waals surface area (Å²) in [6.07, 6.45) is 2.72. The molecular formula is C16H18N4O. The minimum atomic E-state index is -0.0400. The van der Waals surface area contributed by atoms with E-state index in [0.29, 0.717) is 18.4 Å². The molecule has 0 radical (unpaired) electrons. The van der Waals surface area contributed by atoms with Gasteiger partial charge in [-0.15, -0.1) is 0 Å². The maximum Gasteiger partial charge on any atom is 0.225 e. The summed E-state index contributed by atoms with van der Waals surface area (Å²) < 4.78 is 1.78. The van der Waals surface area contributed by atoms with Gasteiger partial charge in [0.05, 0.1) is 17.8 Å². The van der Waals surface area contributed by atoms with E-state index in [-0.39, 0.29) is 11.9 Å². The highest BCUT2D eigenvalue weighted by Crippen LogP contribution is 2.14. The van der Waals surface area contributed by atoms with E-state index >= 15 is 0 Å². The minimum Gasteiger partial charge on any atom is -0.311 e. The molecule has 0 spiro atoms. The van der Waals surface area contributed by atoms with E-state index in [9.17, 15) is 4.79 Å². The van der Waals surface area contributed by atoms with E-state index in [1.807, 2.05) is 26.0 Å². The Morgan fingerprint density at radius 2 is 2.05 bits per heavy atom. The van der Waals surface area contributed by atoms with Gasteiger partial charge < -0.3 is 5.32 Å². The van der Waals surface area contributed by atoms with Crippen molar-refractivity contribution in [2.24, 2.45) is 0 Å².